The Morgan fingerprint density at radius 2 is 2.18 bits per heavy atom. The number of likely N-dealkylation sites (N-methyl/N-ethyl adjacent to an activating group) is 1. The molecule has 0 aromatic carbocycles. The molecule has 68 valence electrons. The molecule has 4 heteroatoms. The molecule has 0 fully saturated rings. The lowest BCUT2D eigenvalue weighted by Gasteiger charge is -2.16. The van der Waals surface area contributed by atoms with Crippen LogP contribution in [0.5, 0.6) is 0 Å². The predicted octanol–water partition coefficient (Wildman–Crippen LogP) is -1.19. The number of nitrogens with two attached hydrogens (primary N) is 1. The van der Waals surface area contributed by atoms with Crippen LogP contribution in [-0.2, 0) is 0 Å². The smallest absolute Gasteiger partial charge is 0.0956 e. The Morgan fingerprint density at radius 3 is 2.64 bits per heavy atom. The average molecular weight is 161 g/mol. The number of nitrogens with zero attached hydrogens (tertiary/aromatic N) is 1. The molecule has 0 atom stereocenters. The lowest BCUT2D eigenvalue weighted by atomic mass is 10.5. The van der Waals surface area contributed by atoms with Gasteiger partial charge in [-0.3, -0.25) is 4.90 Å². The van der Waals surface area contributed by atoms with E-state index in [2.05, 4.69) is 5.32 Å². The van der Waals surface area contributed by atoms with Gasteiger partial charge in [0.15, 0.2) is 0 Å². The lowest BCUT2D eigenvalue weighted by Crippen LogP contribution is -2.34. The molecule has 0 rings (SSSR count). The third kappa shape index (κ3) is 6.25. The zero-order valence-corrected chi connectivity index (χ0v) is 7.21. The molecule has 0 unspecified atom stereocenters. The van der Waals surface area contributed by atoms with Crippen molar-refractivity contribution in [2.45, 2.75) is 6.92 Å². The fraction of sp³-hybridized carbons (Fsp3) is 1.00. The van der Waals surface area contributed by atoms with E-state index in [1.807, 2.05) is 11.8 Å². The Morgan fingerprint density at radius 1 is 1.45 bits per heavy atom. The van der Waals surface area contributed by atoms with Crippen molar-refractivity contribution >= 4 is 0 Å². The Bertz CT molecular complexity index is 76.1. The molecule has 11 heavy (non-hydrogen) atoms. The maximum Gasteiger partial charge on any atom is 0.0956 e. The molecule has 0 bridgehead atoms. The van der Waals surface area contributed by atoms with Gasteiger partial charge in [0, 0.05) is 26.2 Å². The zero-order valence-electron chi connectivity index (χ0n) is 7.21. The van der Waals surface area contributed by atoms with Crippen molar-refractivity contribution < 1.29 is 5.11 Å². The first-order chi connectivity index (χ1) is 5.35. The Hall–Kier alpha value is -0.160. The third-order valence-electron chi connectivity index (χ3n) is 1.57. The second-order valence-corrected chi connectivity index (χ2v) is 2.39. The van der Waals surface area contributed by atoms with Gasteiger partial charge in [-0.2, -0.15) is 0 Å². The standard InChI is InChI=1S/C7H19N3O/c1-2-10(7-11)6-5-9-4-3-8/h9,11H,2-8H2,1H3. The monoisotopic (exact) mass is 161 g/mol. The van der Waals surface area contributed by atoms with Crippen molar-refractivity contribution in [3.05, 3.63) is 0 Å². The van der Waals surface area contributed by atoms with E-state index in [1.165, 1.54) is 0 Å². The van der Waals surface area contributed by atoms with Gasteiger partial charge >= 0.3 is 0 Å². The van der Waals surface area contributed by atoms with Crippen molar-refractivity contribution in [2.24, 2.45) is 5.73 Å². The Kier molecular flexibility index (Phi) is 7.83. The van der Waals surface area contributed by atoms with Crippen LogP contribution in [0.15, 0.2) is 0 Å². The minimum atomic E-state index is 0.140. The van der Waals surface area contributed by atoms with E-state index in [9.17, 15) is 0 Å². The van der Waals surface area contributed by atoms with Gasteiger partial charge < -0.3 is 16.2 Å². The quantitative estimate of drug-likeness (QED) is 0.324. The van der Waals surface area contributed by atoms with Crippen molar-refractivity contribution in [3.8, 4) is 0 Å². The molecule has 4 nitrogen and oxygen atoms in total. The molecule has 0 spiro atoms. The summed E-state index contributed by atoms with van der Waals surface area (Å²) in [6.45, 7) is 6.35. The maximum atomic E-state index is 8.76. The summed E-state index contributed by atoms with van der Waals surface area (Å²) in [7, 11) is 0. The molecular weight excluding hydrogens is 142 g/mol. The van der Waals surface area contributed by atoms with Crippen LogP contribution in [0, 0.1) is 0 Å². The van der Waals surface area contributed by atoms with Crippen LogP contribution >= 0.6 is 0 Å². The SMILES string of the molecule is CCN(CO)CCNCCN. The number of nitrogens with one attached hydrogen (secondary N) is 1. The zero-order chi connectivity index (χ0) is 8.53. The third-order valence-corrected chi connectivity index (χ3v) is 1.57. The van der Waals surface area contributed by atoms with Gasteiger partial charge in [0.1, 0.15) is 0 Å². The summed E-state index contributed by atoms with van der Waals surface area (Å²) in [5.74, 6) is 0. The normalized spacial score (nSPS) is 10.9. The molecule has 0 aliphatic carbocycles. The van der Waals surface area contributed by atoms with Gasteiger partial charge in [-0.05, 0) is 6.54 Å². The topological polar surface area (TPSA) is 61.5 Å². The van der Waals surface area contributed by atoms with E-state index in [4.69, 9.17) is 10.8 Å². The van der Waals surface area contributed by atoms with E-state index >= 15 is 0 Å². The number of rotatable bonds is 7. The molecule has 0 aliphatic heterocycles. The summed E-state index contributed by atoms with van der Waals surface area (Å²) in [5.41, 5.74) is 5.28. The van der Waals surface area contributed by atoms with Gasteiger partial charge in [-0.1, -0.05) is 6.92 Å². The van der Waals surface area contributed by atoms with Crippen molar-refractivity contribution in [1.29, 1.82) is 0 Å². The van der Waals surface area contributed by atoms with Crippen molar-refractivity contribution in [1.82, 2.24) is 10.2 Å². The predicted molar refractivity (Wildman–Crippen MR) is 46.3 cm³/mol. The highest BCUT2D eigenvalue weighted by atomic mass is 16.3. The first-order valence-electron chi connectivity index (χ1n) is 4.09. The molecule has 0 saturated heterocycles. The molecule has 0 heterocycles. The molecule has 0 aromatic heterocycles. The molecule has 0 aliphatic rings. The van der Waals surface area contributed by atoms with Gasteiger partial charge in [0.2, 0.25) is 0 Å². The number of hydrogen-bond acceptors (Lipinski definition) is 4. The van der Waals surface area contributed by atoms with Gasteiger partial charge in [-0.15, -0.1) is 0 Å². The van der Waals surface area contributed by atoms with Gasteiger partial charge in [-0.25, -0.2) is 0 Å². The van der Waals surface area contributed by atoms with Gasteiger partial charge in [0.05, 0.1) is 6.73 Å². The molecule has 0 amide bonds. The average Bonchev–Trinajstić information content (AvgIpc) is 2.05. The van der Waals surface area contributed by atoms with E-state index in [0.29, 0.717) is 6.54 Å². The Labute approximate surface area is 68.4 Å². The molecule has 4 N–H and O–H groups in total. The van der Waals surface area contributed by atoms with Crippen LogP contribution in [0.2, 0.25) is 0 Å². The van der Waals surface area contributed by atoms with Crippen molar-refractivity contribution in [3.63, 3.8) is 0 Å². The Balaban J connectivity index is 3.07. The van der Waals surface area contributed by atoms with Crippen LogP contribution in [0.4, 0.5) is 0 Å². The van der Waals surface area contributed by atoms with Gasteiger partial charge in [0.25, 0.3) is 0 Å². The second-order valence-electron chi connectivity index (χ2n) is 2.39. The molecule has 0 aromatic rings. The van der Waals surface area contributed by atoms with Crippen molar-refractivity contribution in [2.75, 3.05) is 39.5 Å². The maximum absolute atomic E-state index is 8.76. The summed E-state index contributed by atoms with van der Waals surface area (Å²) < 4.78 is 0. The summed E-state index contributed by atoms with van der Waals surface area (Å²) in [4.78, 5) is 1.95. The highest BCUT2D eigenvalue weighted by Gasteiger charge is 1.96. The number of aliphatic hydroxyl groups excluding tert-OH is 1. The van der Waals surface area contributed by atoms with Crippen LogP contribution in [0.25, 0.3) is 0 Å². The molecular formula is C7H19N3O. The fourth-order valence-electron chi connectivity index (χ4n) is 0.793. The summed E-state index contributed by atoms with van der Waals surface area (Å²) in [5, 5.41) is 11.9. The minimum absolute atomic E-state index is 0.140. The van der Waals surface area contributed by atoms with Crippen LogP contribution in [0.1, 0.15) is 6.92 Å². The minimum Gasteiger partial charge on any atom is -0.381 e. The summed E-state index contributed by atoms with van der Waals surface area (Å²) >= 11 is 0. The highest BCUT2D eigenvalue weighted by Crippen LogP contribution is 1.81. The molecule has 0 saturated carbocycles. The first kappa shape index (κ1) is 10.8. The lowest BCUT2D eigenvalue weighted by molar-refractivity contribution is 0.113. The van der Waals surface area contributed by atoms with Crippen LogP contribution in [0.3, 0.4) is 0 Å². The largest absolute Gasteiger partial charge is 0.381 e. The highest BCUT2D eigenvalue weighted by molar-refractivity contribution is 4.53. The second kappa shape index (κ2) is 7.94. The summed E-state index contributed by atoms with van der Waals surface area (Å²) in [6.07, 6.45) is 0. The fourth-order valence-corrected chi connectivity index (χ4v) is 0.793. The van der Waals surface area contributed by atoms with E-state index in [0.717, 1.165) is 26.2 Å². The summed E-state index contributed by atoms with van der Waals surface area (Å²) in [6, 6.07) is 0. The number of hydrogen-bond donors (Lipinski definition) is 3. The van der Waals surface area contributed by atoms with Crippen LogP contribution < -0.4 is 11.1 Å². The van der Waals surface area contributed by atoms with E-state index in [1.54, 1.807) is 0 Å². The van der Waals surface area contributed by atoms with Crippen LogP contribution in [-0.4, -0.2) is 49.5 Å². The molecule has 0 radical (unpaired) electrons. The first-order valence-corrected chi connectivity index (χ1v) is 4.09. The van der Waals surface area contributed by atoms with E-state index < -0.39 is 0 Å². The van der Waals surface area contributed by atoms with E-state index in [-0.39, 0.29) is 6.73 Å². The number of aliphatic hydroxyl groups is 1.